The number of aromatic amines is 1. The van der Waals surface area contributed by atoms with Crippen molar-refractivity contribution in [3.05, 3.63) is 63.9 Å². The quantitative estimate of drug-likeness (QED) is 0.575. The molecule has 0 atom stereocenters. The fourth-order valence-corrected chi connectivity index (χ4v) is 2.57. The molecule has 2 aromatic carbocycles. The minimum Gasteiger partial charge on any atom is -0.496 e. The molecule has 0 unspecified atom stereocenters. The Morgan fingerprint density at radius 1 is 1.17 bits per heavy atom. The van der Waals surface area contributed by atoms with Crippen molar-refractivity contribution in [2.75, 3.05) is 7.11 Å². The van der Waals surface area contributed by atoms with Gasteiger partial charge in [0, 0.05) is 5.56 Å². The summed E-state index contributed by atoms with van der Waals surface area (Å²) in [6.45, 7) is 4.04. The predicted octanol–water partition coefficient (Wildman–Crippen LogP) is 4.12. The second-order valence-electron chi connectivity index (χ2n) is 5.50. The van der Waals surface area contributed by atoms with Gasteiger partial charge in [0.15, 0.2) is 5.82 Å². The molecule has 5 nitrogen and oxygen atoms in total. The zero-order valence-electron chi connectivity index (χ0n) is 13.8. The molecule has 3 rings (SSSR count). The van der Waals surface area contributed by atoms with Crippen molar-refractivity contribution in [1.82, 2.24) is 14.9 Å². The van der Waals surface area contributed by atoms with E-state index in [4.69, 9.17) is 17.0 Å². The molecule has 0 saturated heterocycles. The number of hydrogen-bond donors (Lipinski definition) is 1. The van der Waals surface area contributed by atoms with Gasteiger partial charge in [-0.25, -0.2) is 5.10 Å². The fourth-order valence-electron chi connectivity index (χ4n) is 2.39. The van der Waals surface area contributed by atoms with Crippen LogP contribution in [0.1, 0.15) is 16.7 Å². The molecule has 0 spiro atoms. The third-order valence-corrected chi connectivity index (χ3v) is 3.97. The van der Waals surface area contributed by atoms with Gasteiger partial charge in [-0.05, 0) is 55.4 Å². The maximum atomic E-state index is 5.29. The van der Waals surface area contributed by atoms with Crippen LogP contribution in [0, 0.1) is 18.6 Å². The Morgan fingerprint density at radius 3 is 2.58 bits per heavy atom. The third kappa shape index (κ3) is 3.28. The molecule has 0 aliphatic rings. The van der Waals surface area contributed by atoms with Gasteiger partial charge >= 0.3 is 0 Å². The van der Waals surface area contributed by atoms with Crippen molar-refractivity contribution in [3.63, 3.8) is 0 Å². The number of benzene rings is 2. The molecule has 0 amide bonds. The SMILES string of the molecule is COc1ccc(C=Nn2c(-c3ccc(C)cc3)n[nH]c2=S)cc1C. The summed E-state index contributed by atoms with van der Waals surface area (Å²) in [6, 6.07) is 14.0. The summed E-state index contributed by atoms with van der Waals surface area (Å²) in [4.78, 5) is 0. The summed E-state index contributed by atoms with van der Waals surface area (Å²) >= 11 is 5.29. The number of nitrogens with one attached hydrogen (secondary N) is 1. The molecule has 0 saturated carbocycles. The molecular weight excluding hydrogens is 320 g/mol. The van der Waals surface area contributed by atoms with Gasteiger partial charge in [-0.3, -0.25) is 0 Å². The van der Waals surface area contributed by atoms with E-state index in [1.54, 1.807) is 18.0 Å². The van der Waals surface area contributed by atoms with E-state index in [2.05, 4.69) is 15.3 Å². The van der Waals surface area contributed by atoms with Crippen LogP contribution in [0.3, 0.4) is 0 Å². The first-order valence-electron chi connectivity index (χ1n) is 7.52. The van der Waals surface area contributed by atoms with E-state index in [9.17, 15) is 0 Å². The van der Waals surface area contributed by atoms with Crippen LogP contribution < -0.4 is 4.74 Å². The number of methoxy groups -OCH3 is 1. The Hall–Kier alpha value is -2.73. The minimum absolute atomic E-state index is 0.451. The average Bonchev–Trinajstić information content (AvgIpc) is 2.94. The lowest BCUT2D eigenvalue weighted by atomic mass is 10.1. The van der Waals surface area contributed by atoms with E-state index in [-0.39, 0.29) is 0 Å². The first kappa shape index (κ1) is 16.1. The van der Waals surface area contributed by atoms with Crippen LogP contribution in [0.4, 0.5) is 0 Å². The summed E-state index contributed by atoms with van der Waals surface area (Å²) in [5, 5.41) is 11.6. The van der Waals surface area contributed by atoms with E-state index in [0.29, 0.717) is 10.6 Å². The summed E-state index contributed by atoms with van der Waals surface area (Å²) < 4.78 is 7.35. The van der Waals surface area contributed by atoms with E-state index in [1.807, 2.05) is 56.3 Å². The van der Waals surface area contributed by atoms with Crippen LogP contribution in [-0.4, -0.2) is 28.2 Å². The highest BCUT2D eigenvalue weighted by molar-refractivity contribution is 7.71. The van der Waals surface area contributed by atoms with Gasteiger partial charge in [-0.2, -0.15) is 14.9 Å². The molecule has 0 bridgehead atoms. The first-order chi connectivity index (χ1) is 11.6. The second-order valence-corrected chi connectivity index (χ2v) is 5.89. The molecule has 6 heteroatoms. The van der Waals surface area contributed by atoms with Crippen molar-refractivity contribution in [3.8, 4) is 17.1 Å². The molecule has 0 radical (unpaired) electrons. The lowest BCUT2D eigenvalue weighted by Gasteiger charge is -2.05. The minimum atomic E-state index is 0.451. The highest BCUT2D eigenvalue weighted by atomic mass is 32.1. The standard InChI is InChI=1S/C18H18N4OS/c1-12-4-7-15(8-5-12)17-20-21-18(24)22(17)19-11-14-6-9-16(23-3)13(2)10-14/h4-11H,1-3H3,(H,21,24). The molecule has 1 aromatic heterocycles. The molecule has 0 fully saturated rings. The van der Waals surface area contributed by atoms with Gasteiger partial charge in [0.1, 0.15) is 5.75 Å². The molecule has 0 aliphatic carbocycles. The number of ether oxygens (including phenoxy) is 1. The van der Waals surface area contributed by atoms with Crippen molar-refractivity contribution < 1.29 is 4.74 Å². The molecule has 1 N–H and O–H groups in total. The van der Waals surface area contributed by atoms with E-state index >= 15 is 0 Å². The van der Waals surface area contributed by atoms with Crippen molar-refractivity contribution in [1.29, 1.82) is 0 Å². The van der Waals surface area contributed by atoms with Gasteiger partial charge in [-0.15, -0.1) is 0 Å². The van der Waals surface area contributed by atoms with E-state index in [1.165, 1.54) is 5.56 Å². The van der Waals surface area contributed by atoms with Gasteiger partial charge < -0.3 is 4.74 Å². The fraction of sp³-hybridized carbons (Fsp3) is 0.167. The monoisotopic (exact) mass is 338 g/mol. The molecule has 1 heterocycles. The Morgan fingerprint density at radius 2 is 1.92 bits per heavy atom. The van der Waals surface area contributed by atoms with Crippen LogP contribution in [0.25, 0.3) is 11.4 Å². The Balaban J connectivity index is 1.96. The molecule has 24 heavy (non-hydrogen) atoms. The largest absolute Gasteiger partial charge is 0.496 e. The van der Waals surface area contributed by atoms with Crippen molar-refractivity contribution in [2.45, 2.75) is 13.8 Å². The Bertz CT molecular complexity index is 938. The normalized spacial score (nSPS) is 11.1. The molecule has 0 aliphatic heterocycles. The number of nitrogens with zero attached hydrogens (tertiary/aromatic N) is 3. The highest BCUT2D eigenvalue weighted by Gasteiger charge is 2.07. The zero-order valence-corrected chi connectivity index (χ0v) is 14.6. The van der Waals surface area contributed by atoms with Gasteiger partial charge in [-0.1, -0.05) is 29.8 Å². The predicted molar refractivity (Wildman–Crippen MR) is 98.3 cm³/mol. The second kappa shape index (κ2) is 6.80. The number of H-pyrrole nitrogens is 1. The van der Waals surface area contributed by atoms with E-state index < -0.39 is 0 Å². The van der Waals surface area contributed by atoms with Crippen LogP contribution >= 0.6 is 12.2 Å². The summed E-state index contributed by atoms with van der Waals surface area (Å²) in [5.41, 5.74) is 4.16. The van der Waals surface area contributed by atoms with E-state index in [0.717, 1.165) is 22.4 Å². The molecule has 3 aromatic rings. The Labute approximate surface area is 145 Å². The topological polar surface area (TPSA) is 55.2 Å². The summed E-state index contributed by atoms with van der Waals surface area (Å²) in [6.07, 6.45) is 1.76. The number of rotatable bonds is 4. The molecule has 122 valence electrons. The van der Waals surface area contributed by atoms with Crippen molar-refractivity contribution >= 4 is 18.4 Å². The third-order valence-electron chi connectivity index (χ3n) is 3.70. The van der Waals surface area contributed by atoms with Crippen LogP contribution in [0.5, 0.6) is 5.75 Å². The average molecular weight is 338 g/mol. The smallest absolute Gasteiger partial charge is 0.216 e. The van der Waals surface area contributed by atoms with Crippen LogP contribution in [0.15, 0.2) is 47.6 Å². The lowest BCUT2D eigenvalue weighted by molar-refractivity contribution is 0.411. The van der Waals surface area contributed by atoms with Gasteiger partial charge in [0.05, 0.1) is 13.3 Å². The number of hydrogen-bond acceptors (Lipinski definition) is 4. The maximum absolute atomic E-state index is 5.29. The lowest BCUT2D eigenvalue weighted by Crippen LogP contribution is -1.96. The summed E-state index contributed by atoms with van der Waals surface area (Å²) in [7, 11) is 1.66. The summed E-state index contributed by atoms with van der Waals surface area (Å²) in [5.74, 6) is 1.54. The number of aryl methyl sites for hydroxylation is 2. The molecular formula is C18H18N4OS. The Kier molecular flexibility index (Phi) is 4.57. The van der Waals surface area contributed by atoms with Crippen molar-refractivity contribution in [2.24, 2.45) is 5.10 Å². The highest BCUT2D eigenvalue weighted by Crippen LogP contribution is 2.19. The first-order valence-corrected chi connectivity index (χ1v) is 7.93. The van der Waals surface area contributed by atoms with Gasteiger partial charge in [0.2, 0.25) is 4.77 Å². The van der Waals surface area contributed by atoms with Gasteiger partial charge in [0.25, 0.3) is 0 Å². The van der Waals surface area contributed by atoms with Crippen LogP contribution in [0.2, 0.25) is 0 Å². The number of aromatic nitrogens is 3. The zero-order chi connectivity index (χ0) is 17.1. The maximum Gasteiger partial charge on any atom is 0.216 e. The van der Waals surface area contributed by atoms with Crippen LogP contribution in [-0.2, 0) is 0 Å².